The van der Waals surface area contributed by atoms with Crippen LogP contribution in [0, 0.1) is 0 Å². The van der Waals surface area contributed by atoms with Crippen LogP contribution < -0.4 is 5.32 Å². The summed E-state index contributed by atoms with van der Waals surface area (Å²) in [6, 6.07) is 27.2. The number of benzene rings is 3. The van der Waals surface area contributed by atoms with E-state index in [0.717, 1.165) is 62.3 Å². The van der Waals surface area contributed by atoms with Gasteiger partial charge in [-0.05, 0) is 35.2 Å². The quantitative estimate of drug-likeness (QED) is 0.468. The normalized spacial score (nSPS) is 14.8. The minimum absolute atomic E-state index is 0.0236. The number of nitrogens with zero attached hydrogens (tertiary/aromatic N) is 4. The summed E-state index contributed by atoms with van der Waals surface area (Å²) in [6.07, 6.45) is 2.89. The molecule has 1 aliphatic heterocycles. The Hall–Kier alpha value is -3.64. The minimum Gasteiger partial charge on any atom is -0.334 e. The molecule has 0 radical (unpaired) electrons. The number of hydrogen-bond acceptors (Lipinski definition) is 3. The summed E-state index contributed by atoms with van der Waals surface area (Å²) in [7, 11) is 0. The summed E-state index contributed by atoms with van der Waals surface area (Å²) in [6.45, 7) is 5.74. The Bertz CT molecular complexity index is 1220. The van der Waals surface area contributed by atoms with E-state index in [2.05, 4.69) is 74.4 Å². The molecule has 0 atom stereocenters. The summed E-state index contributed by atoms with van der Waals surface area (Å²) in [5.41, 5.74) is 5.79. The van der Waals surface area contributed by atoms with Crippen LogP contribution in [0.15, 0.2) is 85.2 Å². The number of urea groups is 1. The molecule has 1 N–H and O–H groups in total. The number of nitrogens with one attached hydrogen (secondary N) is 1. The zero-order valence-electron chi connectivity index (χ0n) is 19.4. The molecule has 2 amide bonds. The van der Waals surface area contributed by atoms with E-state index in [9.17, 15) is 4.79 Å². The summed E-state index contributed by atoms with van der Waals surface area (Å²) >= 11 is 0. The van der Waals surface area contributed by atoms with E-state index in [-0.39, 0.29) is 6.03 Å². The topological polar surface area (TPSA) is 53.4 Å². The van der Waals surface area contributed by atoms with E-state index in [1.54, 1.807) is 0 Å². The van der Waals surface area contributed by atoms with Crippen molar-refractivity contribution in [3.63, 3.8) is 0 Å². The molecule has 2 heterocycles. The molecule has 34 heavy (non-hydrogen) atoms. The second kappa shape index (κ2) is 10.5. The number of aromatic nitrogens is 2. The number of hydrogen-bond donors (Lipinski definition) is 1. The fourth-order valence-corrected chi connectivity index (χ4v) is 4.56. The maximum atomic E-state index is 12.8. The third-order valence-corrected chi connectivity index (χ3v) is 6.47. The van der Waals surface area contributed by atoms with Crippen molar-refractivity contribution in [2.45, 2.75) is 26.1 Å². The number of carbonyl (C=O) groups is 1. The molecule has 3 aromatic carbocycles. The first kappa shape index (κ1) is 22.2. The molecule has 1 aliphatic rings. The minimum atomic E-state index is 0.0236. The first-order chi connectivity index (χ1) is 16.7. The Labute approximate surface area is 200 Å². The van der Waals surface area contributed by atoms with Gasteiger partial charge in [0, 0.05) is 45.8 Å². The lowest BCUT2D eigenvalue weighted by Gasteiger charge is -2.22. The van der Waals surface area contributed by atoms with Gasteiger partial charge in [0.25, 0.3) is 0 Å². The highest BCUT2D eigenvalue weighted by molar-refractivity contribution is 5.75. The van der Waals surface area contributed by atoms with Crippen molar-refractivity contribution in [1.82, 2.24) is 24.7 Å². The van der Waals surface area contributed by atoms with Crippen LogP contribution in [0.25, 0.3) is 11.0 Å². The van der Waals surface area contributed by atoms with E-state index in [0.29, 0.717) is 6.54 Å². The Balaban J connectivity index is 1.10. The summed E-state index contributed by atoms with van der Waals surface area (Å²) in [4.78, 5) is 21.6. The largest absolute Gasteiger partial charge is 0.334 e. The van der Waals surface area contributed by atoms with E-state index in [1.807, 2.05) is 35.5 Å². The van der Waals surface area contributed by atoms with Crippen LogP contribution in [0.1, 0.15) is 23.1 Å². The Morgan fingerprint density at radius 2 is 1.50 bits per heavy atom. The zero-order valence-corrected chi connectivity index (χ0v) is 19.4. The Morgan fingerprint density at radius 3 is 2.35 bits per heavy atom. The van der Waals surface area contributed by atoms with E-state index in [4.69, 9.17) is 0 Å². The molecule has 6 nitrogen and oxygen atoms in total. The van der Waals surface area contributed by atoms with Gasteiger partial charge in [-0.15, -0.1) is 0 Å². The van der Waals surface area contributed by atoms with Crippen LogP contribution in [0.4, 0.5) is 4.79 Å². The molecular formula is C28H31N5O. The standard InChI is InChI=1S/C28H31N5O/c34-28(32-16-6-15-31(17-18-32)20-24-7-2-1-3-8-24)29-19-23-11-13-25(14-12-23)21-33-22-30-26-9-4-5-10-27(26)33/h1-5,7-14,22H,6,15-21H2,(H,29,34). The average molecular weight is 454 g/mol. The smallest absolute Gasteiger partial charge is 0.317 e. The van der Waals surface area contributed by atoms with Crippen molar-refractivity contribution in [3.8, 4) is 0 Å². The van der Waals surface area contributed by atoms with Crippen LogP contribution in [-0.4, -0.2) is 51.6 Å². The fourth-order valence-electron chi connectivity index (χ4n) is 4.56. The highest BCUT2D eigenvalue weighted by Crippen LogP contribution is 2.15. The molecule has 0 saturated carbocycles. The molecule has 5 rings (SSSR count). The van der Waals surface area contributed by atoms with Gasteiger partial charge in [0.15, 0.2) is 0 Å². The van der Waals surface area contributed by atoms with Crippen molar-refractivity contribution in [1.29, 1.82) is 0 Å². The summed E-state index contributed by atoms with van der Waals surface area (Å²) in [5, 5.41) is 3.10. The molecule has 4 aromatic rings. The van der Waals surface area contributed by atoms with E-state index in [1.165, 1.54) is 11.1 Å². The average Bonchev–Trinajstić information content (AvgIpc) is 3.13. The van der Waals surface area contributed by atoms with Crippen molar-refractivity contribution < 1.29 is 4.79 Å². The van der Waals surface area contributed by atoms with Crippen molar-refractivity contribution in [2.24, 2.45) is 0 Å². The second-order valence-corrected chi connectivity index (χ2v) is 8.94. The van der Waals surface area contributed by atoms with Gasteiger partial charge in [-0.3, -0.25) is 4.90 Å². The van der Waals surface area contributed by atoms with Crippen LogP contribution in [-0.2, 0) is 19.6 Å². The third-order valence-electron chi connectivity index (χ3n) is 6.47. The number of carbonyl (C=O) groups excluding carboxylic acids is 1. The van der Waals surface area contributed by atoms with Gasteiger partial charge in [0.05, 0.1) is 17.4 Å². The predicted octanol–water partition coefficient (Wildman–Crippen LogP) is 4.50. The third kappa shape index (κ3) is 5.46. The zero-order chi connectivity index (χ0) is 23.2. The maximum absolute atomic E-state index is 12.8. The molecule has 174 valence electrons. The number of amides is 2. The van der Waals surface area contributed by atoms with Gasteiger partial charge in [-0.25, -0.2) is 9.78 Å². The maximum Gasteiger partial charge on any atom is 0.317 e. The van der Waals surface area contributed by atoms with Crippen LogP contribution in [0.2, 0.25) is 0 Å². The van der Waals surface area contributed by atoms with Crippen molar-refractivity contribution in [3.05, 3.63) is 102 Å². The lowest BCUT2D eigenvalue weighted by Crippen LogP contribution is -2.41. The molecule has 6 heteroatoms. The van der Waals surface area contributed by atoms with Gasteiger partial charge in [-0.2, -0.15) is 0 Å². The highest BCUT2D eigenvalue weighted by atomic mass is 16.2. The molecule has 0 unspecified atom stereocenters. The van der Waals surface area contributed by atoms with Crippen LogP contribution in [0.3, 0.4) is 0 Å². The molecule has 1 saturated heterocycles. The lowest BCUT2D eigenvalue weighted by atomic mass is 10.1. The van der Waals surface area contributed by atoms with Crippen molar-refractivity contribution in [2.75, 3.05) is 26.2 Å². The molecule has 1 fully saturated rings. The van der Waals surface area contributed by atoms with E-state index >= 15 is 0 Å². The van der Waals surface area contributed by atoms with Crippen molar-refractivity contribution >= 4 is 17.1 Å². The van der Waals surface area contributed by atoms with E-state index < -0.39 is 0 Å². The van der Waals surface area contributed by atoms with Gasteiger partial charge in [-0.1, -0.05) is 66.7 Å². The summed E-state index contributed by atoms with van der Waals surface area (Å²) < 4.78 is 2.16. The van der Waals surface area contributed by atoms with Gasteiger partial charge in [0.2, 0.25) is 0 Å². The predicted molar refractivity (Wildman–Crippen MR) is 135 cm³/mol. The monoisotopic (exact) mass is 453 g/mol. The fraction of sp³-hybridized carbons (Fsp3) is 0.286. The number of para-hydroxylation sites is 2. The van der Waals surface area contributed by atoms with Gasteiger partial charge < -0.3 is 14.8 Å². The first-order valence-corrected chi connectivity index (χ1v) is 12.0. The second-order valence-electron chi connectivity index (χ2n) is 8.94. The number of rotatable bonds is 6. The Kier molecular flexibility index (Phi) is 6.86. The Morgan fingerprint density at radius 1 is 0.765 bits per heavy atom. The molecular weight excluding hydrogens is 422 g/mol. The van der Waals surface area contributed by atoms with Crippen LogP contribution >= 0.6 is 0 Å². The lowest BCUT2D eigenvalue weighted by molar-refractivity contribution is 0.197. The molecule has 0 aliphatic carbocycles. The molecule has 1 aromatic heterocycles. The first-order valence-electron chi connectivity index (χ1n) is 12.0. The molecule has 0 spiro atoms. The number of imidazole rings is 1. The molecule has 0 bridgehead atoms. The summed E-state index contributed by atoms with van der Waals surface area (Å²) in [5.74, 6) is 0. The number of fused-ring (bicyclic) bond motifs is 1. The van der Waals surface area contributed by atoms with Crippen LogP contribution in [0.5, 0.6) is 0 Å². The highest BCUT2D eigenvalue weighted by Gasteiger charge is 2.19. The van der Waals surface area contributed by atoms with Gasteiger partial charge >= 0.3 is 6.03 Å². The van der Waals surface area contributed by atoms with Gasteiger partial charge in [0.1, 0.15) is 0 Å². The SMILES string of the molecule is O=C(NCc1ccc(Cn2cnc3ccccc32)cc1)N1CCCN(Cc2ccccc2)CC1.